The first-order valence-corrected chi connectivity index (χ1v) is 5.02. The van der Waals surface area contributed by atoms with Crippen LogP contribution in [0.5, 0.6) is 0 Å². The molecule has 0 aliphatic rings. The minimum absolute atomic E-state index is 0.196. The Morgan fingerprint density at radius 2 is 2.24 bits per heavy atom. The van der Waals surface area contributed by atoms with Crippen LogP contribution in [0.4, 0.5) is 11.6 Å². The normalized spacial score (nSPS) is 9.88. The maximum atomic E-state index is 11.6. The lowest BCUT2D eigenvalue weighted by molar-refractivity contribution is -0.115. The Morgan fingerprint density at radius 3 is 2.94 bits per heavy atom. The van der Waals surface area contributed by atoms with E-state index in [0.29, 0.717) is 5.69 Å². The molecule has 0 unspecified atom stereocenters. The first-order valence-electron chi connectivity index (χ1n) is 5.02. The van der Waals surface area contributed by atoms with Crippen molar-refractivity contribution in [2.24, 2.45) is 0 Å². The zero-order valence-corrected chi connectivity index (χ0v) is 9.00. The van der Waals surface area contributed by atoms with E-state index < -0.39 is 0 Å². The van der Waals surface area contributed by atoms with Crippen molar-refractivity contribution in [3.8, 4) is 0 Å². The molecule has 1 aromatic carbocycles. The van der Waals surface area contributed by atoms with E-state index in [-0.39, 0.29) is 18.3 Å². The Labute approximate surface area is 97.9 Å². The van der Waals surface area contributed by atoms with Crippen LogP contribution in [0.3, 0.4) is 0 Å². The summed E-state index contributed by atoms with van der Waals surface area (Å²) in [6.45, 7) is 0. The van der Waals surface area contributed by atoms with E-state index in [0.717, 1.165) is 5.56 Å². The molecule has 0 spiro atoms. The van der Waals surface area contributed by atoms with E-state index in [1.807, 2.05) is 6.07 Å². The van der Waals surface area contributed by atoms with Crippen molar-refractivity contribution in [1.29, 1.82) is 0 Å². The molecule has 1 amide bonds. The van der Waals surface area contributed by atoms with Gasteiger partial charge in [-0.25, -0.2) is 4.98 Å². The molecule has 2 aromatic rings. The number of hydrogen-bond donors (Lipinski definition) is 2. The number of nitrogens with two attached hydrogens (primary N) is 1. The van der Waals surface area contributed by atoms with Gasteiger partial charge in [0.1, 0.15) is 0 Å². The zero-order valence-electron chi connectivity index (χ0n) is 9.00. The van der Waals surface area contributed by atoms with Gasteiger partial charge in [-0.15, -0.1) is 5.10 Å². The van der Waals surface area contributed by atoms with Crippen LogP contribution in [-0.2, 0) is 11.2 Å². The quantitative estimate of drug-likeness (QED) is 0.753. The summed E-state index contributed by atoms with van der Waals surface area (Å²) in [6.07, 6.45) is 3.12. The second-order valence-electron chi connectivity index (χ2n) is 3.44. The summed E-state index contributed by atoms with van der Waals surface area (Å²) in [5.74, 6) is -0.00926. The fourth-order valence-electron chi connectivity index (χ4n) is 1.36. The van der Waals surface area contributed by atoms with Crippen LogP contribution in [0.1, 0.15) is 5.56 Å². The lowest BCUT2D eigenvalue weighted by Crippen LogP contribution is -2.16. The molecule has 17 heavy (non-hydrogen) atoms. The highest BCUT2D eigenvalue weighted by Gasteiger charge is 2.05. The number of aromatic nitrogens is 3. The summed E-state index contributed by atoms with van der Waals surface area (Å²) >= 11 is 0. The fourth-order valence-corrected chi connectivity index (χ4v) is 1.36. The Hall–Kier alpha value is -2.50. The van der Waals surface area contributed by atoms with E-state index in [1.54, 1.807) is 18.2 Å². The number of carbonyl (C=O) groups is 1. The molecule has 1 aromatic heterocycles. The molecule has 86 valence electrons. The number of carbonyl (C=O) groups excluding carboxylic acids is 1. The molecule has 0 aliphatic heterocycles. The van der Waals surface area contributed by atoms with E-state index in [4.69, 9.17) is 5.73 Å². The van der Waals surface area contributed by atoms with Crippen molar-refractivity contribution in [3.63, 3.8) is 0 Å². The van der Waals surface area contributed by atoms with Crippen LogP contribution >= 0.6 is 0 Å². The van der Waals surface area contributed by atoms with Crippen molar-refractivity contribution < 1.29 is 4.79 Å². The number of nitrogens with one attached hydrogen (secondary N) is 1. The van der Waals surface area contributed by atoms with Crippen LogP contribution < -0.4 is 11.1 Å². The van der Waals surface area contributed by atoms with Gasteiger partial charge in [-0.1, -0.05) is 12.1 Å². The number of amides is 1. The van der Waals surface area contributed by atoms with Gasteiger partial charge in [0, 0.05) is 5.69 Å². The first kappa shape index (κ1) is 11.0. The Bertz CT molecular complexity index is 514. The van der Waals surface area contributed by atoms with E-state index in [2.05, 4.69) is 20.5 Å². The third kappa shape index (κ3) is 3.23. The molecule has 0 atom stereocenters. The van der Waals surface area contributed by atoms with E-state index >= 15 is 0 Å². The molecule has 1 heterocycles. The van der Waals surface area contributed by atoms with Crippen LogP contribution in [0, 0.1) is 0 Å². The monoisotopic (exact) mass is 229 g/mol. The third-order valence-electron chi connectivity index (χ3n) is 2.05. The summed E-state index contributed by atoms with van der Waals surface area (Å²) in [4.78, 5) is 15.5. The summed E-state index contributed by atoms with van der Waals surface area (Å²) < 4.78 is 0. The minimum Gasteiger partial charge on any atom is -0.399 e. The Balaban J connectivity index is 1.98. The highest BCUT2D eigenvalue weighted by atomic mass is 16.1. The summed E-state index contributed by atoms with van der Waals surface area (Å²) in [5, 5.41) is 9.82. The molecular formula is C11H11N5O. The molecule has 0 bridgehead atoms. The summed E-state index contributed by atoms with van der Waals surface area (Å²) in [5.41, 5.74) is 7.09. The number of anilines is 2. The predicted octanol–water partition coefficient (Wildman–Crippen LogP) is 0.635. The standard InChI is InChI=1S/C11H11N5O/c12-9-3-1-2-8(6-9)7-10(17)15-11-13-4-5-14-16-11/h1-6H,7,12H2,(H,13,15,16,17). The number of hydrogen-bond acceptors (Lipinski definition) is 5. The Kier molecular flexibility index (Phi) is 3.25. The lowest BCUT2D eigenvalue weighted by Gasteiger charge is -2.03. The van der Waals surface area contributed by atoms with E-state index in [9.17, 15) is 4.79 Å². The Morgan fingerprint density at radius 1 is 1.35 bits per heavy atom. The molecular weight excluding hydrogens is 218 g/mol. The number of rotatable bonds is 3. The molecule has 0 fully saturated rings. The van der Waals surface area contributed by atoms with Crippen molar-refractivity contribution in [2.75, 3.05) is 11.1 Å². The molecule has 3 N–H and O–H groups in total. The zero-order chi connectivity index (χ0) is 12.1. The highest BCUT2D eigenvalue weighted by molar-refractivity contribution is 5.90. The third-order valence-corrected chi connectivity index (χ3v) is 2.05. The maximum absolute atomic E-state index is 11.6. The van der Waals surface area contributed by atoms with Gasteiger partial charge in [-0.3, -0.25) is 10.1 Å². The van der Waals surface area contributed by atoms with Crippen LogP contribution in [-0.4, -0.2) is 21.1 Å². The van der Waals surface area contributed by atoms with Crippen molar-refractivity contribution in [1.82, 2.24) is 15.2 Å². The number of benzene rings is 1. The number of nitrogen functional groups attached to an aromatic ring is 1. The van der Waals surface area contributed by atoms with Gasteiger partial charge in [-0.2, -0.15) is 5.10 Å². The van der Waals surface area contributed by atoms with Gasteiger partial charge < -0.3 is 5.73 Å². The SMILES string of the molecule is Nc1cccc(CC(=O)Nc2nccnn2)c1. The second kappa shape index (κ2) is 5.02. The molecule has 0 saturated heterocycles. The highest BCUT2D eigenvalue weighted by Crippen LogP contribution is 2.07. The van der Waals surface area contributed by atoms with Gasteiger partial charge in [-0.05, 0) is 17.7 Å². The molecule has 6 heteroatoms. The summed E-state index contributed by atoms with van der Waals surface area (Å²) in [7, 11) is 0. The predicted molar refractivity (Wildman–Crippen MR) is 63.0 cm³/mol. The van der Waals surface area contributed by atoms with Crippen LogP contribution in [0.15, 0.2) is 36.7 Å². The van der Waals surface area contributed by atoms with Gasteiger partial charge in [0.05, 0.1) is 18.8 Å². The molecule has 2 rings (SSSR count). The molecule has 6 nitrogen and oxygen atoms in total. The molecule has 0 aliphatic carbocycles. The summed E-state index contributed by atoms with van der Waals surface area (Å²) in [6, 6.07) is 7.16. The number of nitrogens with zero attached hydrogens (tertiary/aromatic N) is 3. The largest absolute Gasteiger partial charge is 0.399 e. The molecule has 0 saturated carbocycles. The van der Waals surface area contributed by atoms with Gasteiger partial charge in [0.25, 0.3) is 0 Å². The van der Waals surface area contributed by atoms with E-state index in [1.165, 1.54) is 12.4 Å². The van der Waals surface area contributed by atoms with Crippen molar-refractivity contribution >= 4 is 17.5 Å². The maximum Gasteiger partial charge on any atom is 0.249 e. The fraction of sp³-hybridized carbons (Fsp3) is 0.0909. The van der Waals surface area contributed by atoms with Gasteiger partial charge >= 0.3 is 0 Å². The van der Waals surface area contributed by atoms with Gasteiger partial charge in [0.2, 0.25) is 11.9 Å². The topological polar surface area (TPSA) is 93.8 Å². The van der Waals surface area contributed by atoms with Crippen LogP contribution in [0.2, 0.25) is 0 Å². The van der Waals surface area contributed by atoms with Gasteiger partial charge in [0.15, 0.2) is 0 Å². The minimum atomic E-state index is -0.205. The average molecular weight is 229 g/mol. The van der Waals surface area contributed by atoms with Crippen LogP contribution in [0.25, 0.3) is 0 Å². The smallest absolute Gasteiger partial charge is 0.249 e. The van der Waals surface area contributed by atoms with Crippen molar-refractivity contribution in [3.05, 3.63) is 42.2 Å². The average Bonchev–Trinajstić information content (AvgIpc) is 2.30. The first-order chi connectivity index (χ1) is 8.24. The molecule has 0 radical (unpaired) electrons. The second-order valence-corrected chi connectivity index (χ2v) is 3.44. The van der Waals surface area contributed by atoms with Crippen molar-refractivity contribution in [2.45, 2.75) is 6.42 Å². The lowest BCUT2D eigenvalue weighted by atomic mass is 10.1.